The molecule has 104 valence electrons. The number of fused-ring (bicyclic) bond motifs is 1. The predicted molar refractivity (Wildman–Crippen MR) is 77.4 cm³/mol. The van der Waals surface area contributed by atoms with Crippen molar-refractivity contribution in [2.45, 2.75) is 52.7 Å². The number of hydrogen-bond donors (Lipinski definition) is 1. The van der Waals surface area contributed by atoms with Crippen molar-refractivity contribution in [1.82, 2.24) is 4.90 Å². The van der Waals surface area contributed by atoms with E-state index < -0.39 is 0 Å². The Morgan fingerprint density at radius 2 is 1.89 bits per heavy atom. The number of carbonyl (C=O) groups excluding carboxylic acids is 1. The van der Waals surface area contributed by atoms with Crippen LogP contribution in [0.1, 0.15) is 56.3 Å². The van der Waals surface area contributed by atoms with Crippen molar-refractivity contribution in [3.63, 3.8) is 0 Å². The Labute approximate surface area is 115 Å². The number of amides is 1. The maximum Gasteiger partial charge on any atom is 0.226 e. The molecule has 0 saturated carbocycles. The zero-order valence-corrected chi connectivity index (χ0v) is 12.1. The Kier molecular flexibility index (Phi) is 4.25. The molecule has 0 bridgehead atoms. The van der Waals surface area contributed by atoms with Crippen molar-refractivity contribution in [3.8, 4) is 0 Å². The molecule has 1 unspecified atom stereocenters. The second-order valence-corrected chi connectivity index (χ2v) is 5.52. The average Bonchev–Trinajstić information content (AvgIpc) is 2.82. The first-order valence-corrected chi connectivity index (χ1v) is 7.22. The van der Waals surface area contributed by atoms with Crippen LogP contribution in [0, 0.1) is 5.92 Å². The van der Waals surface area contributed by atoms with Crippen LogP contribution in [0.25, 0.3) is 0 Å². The van der Waals surface area contributed by atoms with Crippen LogP contribution in [-0.2, 0) is 17.9 Å². The van der Waals surface area contributed by atoms with Crippen LogP contribution in [0.2, 0.25) is 0 Å². The van der Waals surface area contributed by atoms with Gasteiger partial charge in [-0.2, -0.15) is 0 Å². The highest BCUT2D eigenvalue weighted by Gasteiger charge is 2.27. The van der Waals surface area contributed by atoms with Gasteiger partial charge in [0, 0.05) is 25.0 Å². The fourth-order valence-electron chi connectivity index (χ4n) is 2.75. The lowest BCUT2D eigenvalue weighted by Gasteiger charge is -2.21. The van der Waals surface area contributed by atoms with Crippen LogP contribution in [0.5, 0.6) is 0 Å². The lowest BCUT2D eigenvalue weighted by molar-refractivity contribution is -0.136. The van der Waals surface area contributed by atoms with Crippen molar-refractivity contribution in [2.24, 2.45) is 11.7 Å². The summed E-state index contributed by atoms with van der Waals surface area (Å²) in [7, 11) is 0. The van der Waals surface area contributed by atoms with Crippen molar-refractivity contribution < 1.29 is 4.79 Å². The zero-order valence-electron chi connectivity index (χ0n) is 12.1. The third-order valence-electron chi connectivity index (χ3n) is 4.13. The van der Waals surface area contributed by atoms with Gasteiger partial charge >= 0.3 is 0 Å². The Bertz CT molecular complexity index is 464. The van der Waals surface area contributed by atoms with Crippen LogP contribution in [0.4, 0.5) is 0 Å². The standard InChI is InChI=1S/C16H24N2O/c1-4-12(5-2)16(19)18-9-14-7-6-13(11(3)17)8-15(14)10-18/h6-8,11-12H,4-5,9-10,17H2,1-3H3. The van der Waals surface area contributed by atoms with Gasteiger partial charge in [-0.15, -0.1) is 0 Å². The van der Waals surface area contributed by atoms with Crippen molar-refractivity contribution in [2.75, 3.05) is 0 Å². The Hall–Kier alpha value is -1.35. The monoisotopic (exact) mass is 260 g/mol. The lowest BCUT2D eigenvalue weighted by atomic mass is 10.0. The van der Waals surface area contributed by atoms with Gasteiger partial charge in [0.15, 0.2) is 0 Å². The average molecular weight is 260 g/mol. The Balaban J connectivity index is 2.14. The third kappa shape index (κ3) is 2.81. The molecule has 1 aliphatic rings. The summed E-state index contributed by atoms with van der Waals surface area (Å²) >= 11 is 0. The van der Waals surface area contributed by atoms with Gasteiger partial charge in [0.25, 0.3) is 0 Å². The number of carbonyl (C=O) groups is 1. The van der Waals surface area contributed by atoms with Crippen LogP contribution in [0.15, 0.2) is 18.2 Å². The fourth-order valence-corrected chi connectivity index (χ4v) is 2.75. The minimum Gasteiger partial charge on any atom is -0.334 e. The Morgan fingerprint density at radius 3 is 2.47 bits per heavy atom. The number of nitrogens with zero attached hydrogens (tertiary/aromatic N) is 1. The molecule has 0 aromatic heterocycles. The summed E-state index contributed by atoms with van der Waals surface area (Å²) in [5.74, 6) is 0.464. The normalized spacial score (nSPS) is 15.7. The molecule has 2 N–H and O–H groups in total. The molecular formula is C16H24N2O. The molecule has 1 aliphatic heterocycles. The van der Waals surface area contributed by atoms with E-state index in [1.54, 1.807) is 0 Å². The molecule has 0 fully saturated rings. The van der Waals surface area contributed by atoms with E-state index >= 15 is 0 Å². The van der Waals surface area contributed by atoms with E-state index in [2.05, 4.69) is 32.0 Å². The minimum absolute atomic E-state index is 0.0501. The summed E-state index contributed by atoms with van der Waals surface area (Å²) < 4.78 is 0. The van der Waals surface area contributed by atoms with Gasteiger partial charge in [0.05, 0.1) is 0 Å². The summed E-state index contributed by atoms with van der Waals surface area (Å²) in [6.07, 6.45) is 1.85. The quantitative estimate of drug-likeness (QED) is 0.904. The molecule has 2 rings (SSSR count). The highest BCUT2D eigenvalue weighted by Crippen LogP contribution is 2.27. The van der Waals surface area contributed by atoms with Crippen molar-refractivity contribution >= 4 is 5.91 Å². The second kappa shape index (κ2) is 5.74. The number of nitrogens with two attached hydrogens (primary N) is 1. The van der Waals surface area contributed by atoms with Gasteiger partial charge in [0.1, 0.15) is 0 Å². The van der Waals surface area contributed by atoms with E-state index in [9.17, 15) is 4.79 Å². The van der Waals surface area contributed by atoms with E-state index in [0.29, 0.717) is 5.91 Å². The smallest absolute Gasteiger partial charge is 0.226 e. The molecule has 1 amide bonds. The van der Waals surface area contributed by atoms with Crippen LogP contribution >= 0.6 is 0 Å². The fraction of sp³-hybridized carbons (Fsp3) is 0.562. The van der Waals surface area contributed by atoms with Crippen molar-refractivity contribution in [1.29, 1.82) is 0 Å². The molecule has 0 saturated heterocycles. The predicted octanol–water partition coefficient (Wildman–Crippen LogP) is 2.98. The molecule has 1 heterocycles. The molecule has 0 aliphatic carbocycles. The van der Waals surface area contributed by atoms with Gasteiger partial charge in [-0.3, -0.25) is 4.79 Å². The lowest BCUT2D eigenvalue weighted by Crippen LogP contribution is -2.31. The van der Waals surface area contributed by atoms with E-state index in [0.717, 1.165) is 31.5 Å². The molecular weight excluding hydrogens is 236 g/mol. The first-order chi connectivity index (χ1) is 9.06. The Morgan fingerprint density at radius 1 is 1.26 bits per heavy atom. The summed E-state index contributed by atoms with van der Waals surface area (Å²) in [6.45, 7) is 7.66. The van der Waals surface area contributed by atoms with Gasteiger partial charge in [0.2, 0.25) is 5.91 Å². The van der Waals surface area contributed by atoms with Crippen LogP contribution in [0.3, 0.4) is 0 Å². The summed E-state index contributed by atoms with van der Waals surface area (Å²) in [4.78, 5) is 14.4. The van der Waals surface area contributed by atoms with Crippen LogP contribution < -0.4 is 5.73 Å². The molecule has 1 aromatic carbocycles. The van der Waals surface area contributed by atoms with Gasteiger partial charge in [-0.05, 0) is 36.5 Å². The molecule has 19 heavy (non-hydrogen) atoms. The van der Waals surface area contributed by atoms with Gasteiger partial charge in [-0.1, -0.05) is 32.0 Å². The molecule has 0 radical (unpaired) electrons. The van der Waals surface area contributed by atoms with Crippen LogP contribution in [-0.4, -0.2) is 10.8 Å². The summed E-state index contributed by atoms with van der Waals surface area (Å²) in [5.41, 5.74) is 9.59. The molecule has 1 atom stereocenters. The number of hydrogen-bond acceptors (Lipinski definition) is 2. The first-order valence-electron chi connectivity index (χ1n) is 7.22. The third-order valence-corrected chi connectivity index (χ3v) is 4.13. The number of rotatable bonds is 4. The number of benzene rings is 1. The molecule has 1 aromatic rings. The summed E-state index contributed by atoms with van der Waals surface area (Å²) in [5, 5.41) is 0. The first kappa shape index (κ1) is 14.1. The van der Waals surface area contributed by atoms with E-state index in [1.165, 1.54) is 11.1 Å². The second-order valence-electron chi connectivity index (χ2n) is 5.52. The minimum atomic E-state index is 0.0501. The highest BCUT2D eigenvalue weighted by atomic mass is 16.2. The van der Waals surface area contributed by atoms with Gasteiger partial charge in [-0.25, -0.2) is 0 Å². The van der Waals surface area contributed by atoms with E-state index in [4.69, 9.17) is 5.73 Å². The SMILES string of the molecule is CCC(CC)C(=O)N1Cc2ccc(C(C)N)cc2C1. The molecule has 3 heteroatoms. The zero-order chi connectivity index (χ0) is 14.0. The molecule has 0 spiro atoms. The topological polar surface area (TPSA) is 46.3 Å². The largest absolute Gasteiger partial charge is 0.334 e. The molecule has 3 nitrogen and oxygen atoms in total. The highest BCUT2D eigenvalue weighted by molar-refractivity contribution is 5.79. The summed E-state index contributed by atoms with van der Waals surface area (Å²) in [6, 6.07) is 6.40. The maximum atomic E-state index is 12.4. The van der Waals surface area contributed by atoms with E-state index in [1.807, 2.05) is 11.8 Å². The van der Waals surface area contributed by atoms with Crippen molar-refractivity contribution in [3.05, 3.63) is 34.9 Å². The van der Waals surface area contributed by atoms with E-state index in [-0.39, 0.29) is 12.0 Å². The maximum absolute atomic E-state index is 12.4. The van der Waals surface area contributed by atoms with Gasteiger partial charge < -0.3 is 10.6 Å².